The molecule has 0 radical (unpaired) electrons. The third-order valence-corrected chi connectivity index (χ3v) is 1.44. The Morgan fingerprint density at radius 3 is 2.62 bits per heavy atom. The van der Waals surface area contributed by atoms with Gasteiger partial charge in [-0.3, -0.25) is 9.78 Å². The highest BCUT2D eigenvalue weighted by molar-refractivity contribution is 5.87. The summed E-state index contributed by atoms with van der Waals surface area (Å²) in [6.45, 7) is 1.52. The Kier molecular flexibility index (Phi) is 3.64. The summed E-state index contributed by atoms with van der Waals surface area (Å²) in [6.07, 6.45) is 10.5. The lowest BCUT2D eigenvalue weighted by molar-refractivity contribution is -0.112. The summed E-state index contributed by atoms with van der Waals surface area (Å²) < 4.78 is 0. The second-order valence-electron chi connectivity index (χ2n) is 2.61. The number of aromatic nitrogens is 1. The fourth-order valence-corrected chi connectivity index (χ4v) is 0.832. The smallest absolute Gasteiger partial charge is 0.152 e. The van der Waals surface area contributed by atoms with Gasteiger partial charge in [-0.25, -0.2) is 0 Å². The second-order valence-corrected chi connectivity index (χ2v) is 2.61. The molecule has 1 aromatic rings. The van der Waals surface area contributed by atoms with Gasteiger partial charge in [0.05, 0.1) is 0 Å². The molecule has 0 unspecified atom stereocenters. The van der Waals surface area contributed by atoms with E-state index in [0.29, 0.717) is 0 Å². The molecular weight excluding hydrogens is 162 g/mol. The molecule has 0 saturated carbocycles. The molecule has 0 aromatic carbocycles. The monoisotopic (exact) mass is 173 g/mol. The van der Waals surface area contributed by atoms with Gasteiger partial charge in [-0.1, -0.05) is 18.2 Å². The zero-order chi connectivity index (χ0) is 9.52. The molecule has 0 atom stereocenters. The van der Waals surface area contributed by atoms with Crippen molar-refractivity contribution in [3.05, 3.63) is 48.3 Å². The Balaban J connectivity index is 2.55. The SMILES string of the molecule is CC(=O)/C=C/C=C/c1ccncc1. The zero-order valence-corrected chi connectivity index (χ0v) is 7.47. The third kappa shape index (κ3) is 4.01. The zero-order valence-electron chi connectivity index (χ0n) is 7.47. The fourth-order valence-electron chi connectivity index (χ4n) is 0.832. The summed E-state index contributed by atoms with van der Waals surface area (Å²) in [6, 6.07) is 3.80. The van der Waals surface area contributed by atoms with Crippen molar-refractivity contribution in [2.24, 2.45) is 0 Å². The predicted molar refractivity (Wildman–Crippen MR) is 53.1 cm³/mol. The molecule has 2 nitrogen and oxygen atoms in total. The number of carbonyl (C=O) groups is 1. The Morgan fingerprint density at radius 1 is 1.31 bits per heavy atom. The van der Waals surface area contributed by atoms with Crippen LogP contribution in [0.15, 0.2) is 42.8 Å². The lowest BCUT2D eigenvalue weighted by Gasteiger charge is -1.87. The van der Waals surface area contributed by atoms with Gasteiger partial charge in [0.25, 0.3) is 0 Å². The van der Waals surface area contributed by atoms with Gasteiger partial charge < -0.3 is 0 Å². The summed E-state index contributed by atoms with van der Waals surface area (Å²) in [5, 5.41) is 0. The molecule has 0 aliphatic rings. The van der Waals surface area contributed by atoms with E-state index in [-0.39, 0.29) is 5.78 Å². The maximum atomic E-state index is 10.5. The highest BCUT2D eigenvalue weighted by Crippen LogP contribution is 1.98. The minimum Gasteiger partial charge on any atom is -0.295 e. The van der Waals surface area contributed by atoms with E-state index in [0.717, 1.165) is 5.56 Å². The first-order chi connectivity index (χ1) is 6.29. The van der Waals surface area contributed by atoms with E-state index in [2.05, 4.69) is 4.98 Å². The summed E-state index contributed by atoms with van der Waals surface area (Å²) in [7, 11) is 0. The molecule has 0 amide bonds. The van der Waals surface area contributed by atoms with Crippen LogP contribution < -0.4 is 0 Å². The third-order valence-electron chi connectivity index (χ3n) is 1.44. The van der Waals surface area contributed by atoms with Gasteiger partial charge in [0.1, 0.15) is 0 Å². The van der Waals surface area contributed by atoms with E-state index in [1.165, 1.54) is 13.0 Å². The van der Waals surface area contributed by atoms with Crippen LogP contribution in [0.1, 0.15) is 12.5 Å². The number of allylic oxidation sites excluding steroid dienone is 3. The molecule has 66 valence electrons. The molecule has 0 aliphatic heterocycles. The number of carbonyl (C=O) groups excluding carboxylic acids is 1. The fraction of sp³-hybridized carbons (Fsp3) is 0.0909. The van der Waals surface area contributed by atoms with Gasteiger partial charge in [0, 0.05) is 12.4 Å². The van der Waals surface area contributed by atoms with Gasteiger partial charge in [-0.05, 0) is 30.7 Å². The van der Waals surface area contributed by atoms with E-state index in [9.17, 15) is 4.79 Å². The number of nitrogens with zero attached hydrogens (tertiary/aromatic N) is 1. The van der Waals surface area contributed by atoms with Crippen LogP contribution in [0.25, 0.3) is 6.08 Å². The van der Waals surface area contributed by atoms with Crippen molar-refractivity contribution in [2.75, 3.05) is 0 Å². The van der Waals surface area contributed by atoms with Crippen LogP contribution in [0.4, 0.5) is 0 Å². The van der Waals surface area contributed by atoms with Crippen molar-refractivity contribution in [3.8, 4) is 0 Å². The molecule has 1 aromatic heterocycles. The lowest BCUT2D eigenvalue weighted by Crippen LogP contribution is -1.77. The van der Waals surface area contributed by atoms with E-state index >= 15 is 0 Å². The normalized spacial score (nSPS) is 11.2. The highest BCUT2D eigenvalue weighted by Gasteiger charge is 1.81. The van der Waals surface area contributed by atoms with Gasteiger partial charge in [-0.2, -0.15) is 0 Å². The minimum atomic E-state index is 0.0550. The van der Waals surface area contributed by atoms with Crippen LogP contribution in [0.3, 0.4) is 0 Å². The van der Waals surface area contributed by atoms with Gasteiger partial charge in [0.15, 0.2) is 5.78 Å². The molecule has 1 rings (SSSR count). The first-order valence-electron chi connectivity index (χ1n) is 4.04. The summed E-state index contributed by atoms with van der Waals surface area (Å²) in [5.41, 5.74) is 1.07. The molecule has 1 heterocycles. The van der Waals surface area contributed by atoms with Crippen LogP contribution in [-0.4, -0.2) is 10.8 Å². The van der Waals surface area contributed by atoms with Crippen molar-refractivity contribution in [3.63, 3.8) is 0 Å². The summed E-state index contributed by atoms with van der Waals surface area (Å²) in [5.74, 6) is 0.0550. The molecule has 0 saturated heterocycles. The van der Waals surface area contributed by atoms with Crippen molar-refractivity contribution >= 4 is 11.9 Å². The van der Waals surface area contributed by atoms with Gasteiger partial charge in [-0.15, -0.1) is 0 Å². The Bertz CT molecular complexity index is 325. The van der Waals surface area contributed by atoms with Crippen molar-refractivity contribution in [1.29, 1.82) is 0 Å². The molecular formula is C11H11NO. The predicted octanol–water partition coefficient (Wildman–Crippen LogP) is 2.24. The van der Waals surface area contributed by atoms with Crippen LogP contribution in [0.2, 0.25) is 0 Å². The first-order valence-corrected chi connectivity index (χ1v) is 4.04. The van der Waals surface area contributed by atoms with Crippen molar-refractivity contribution in [1.82, 2.24) is 4.98 Å². The highest BCUT2D eigenvalue weighted by atomic mass is 16.1. The molecule has 0 fully saturated rings. The van der Waals surface area contributed by atoms with Crippen LogP contribution in [0, 0.1) is 0 Å². The Labute approximate surface area is 77.6 Å². The summed E-state index contributed by atoms with van der Waals surface area (Å²) in [4.78, 5) is 14.4. The molecule has 0 spiro atoms. The number of ketones is 1. The number of hydrogen-bond donors (Lipinski definition) is 0. The average Bonchev–Trinajstić information content (AvgIpc) is 2.14. The number of rotatable bonds is 3. The Morgan fingerprint density at radius 2 is 2.00 bits per heavy atom. The van der Waals surface area contributed by atoms with Crippen molar-refractivity contribution < 1.29 is 4.79 Å². The topological polar surface area (TPSA) is 30.0 Å². The van der Waals surface area contributed by atoms with Crippen LogP contribution >= 0.6 is 0 Å². The average molecular weight is 173 g/mol. The molecule has 0 bridgehead atoms. The van der Waals surface area contributed by atoms with E-state index in [1.54, 1.807) is 18.5 Å². The van der Waals surface area contributed by atoms with Crippen LogP contribution in [0.5, 0.6) is 0 Å². The van der Waals surface area contributed by atoms with E-state index in [1.807, 2.05) is 24.3 Å². The van der Waals surface area contributed by atoms with E-state index < -0.39 is 0 Å². The minimum absolute atomic E-state index is 0.0550. The lowest BCUT2D eigenvalue weighted by atomic mass is 10.2. The maximum absolute atomic E-state index is 10.5. The van der Waals surface area contributed by atoms with Gasteiger partial charge >= 0.3 is 0 Å². The van der Waals surface area contributed by atoms with Crippen LogP contribution in [-0.2, 0) is 4.79 Å². The largest absolute Gasteiger partial charge is 0.295 e. The summed E-state index contributed by atoms with van der Waals surface area (Å²) >= 11 is 0. The molecule has 0 aliphatic carbocycles. The number of hydrogen-bond acceptors (Lipinski definition) is 2. The second kappa shape index (κ2) is 5.04. The first kappa shape index (κ1) is 9.39. The molecule has 0 N–H and O–H groups in total. The standard InChI is InChI=1S/C11H11NO/c1-10(13)4-2-3-5-11-6-8-12-9-7-11/h2-9H,1H3/b4-2+,5-3+. The quantitative estimate of drug-likeness (QED) is 0.518. The molecule has 2 heteroatoms. The Hall–Kier alpha value is -1.70. The van der Waals surface area contributed by atoms with E-state index in [4.69, 9.17) is 0 Å². The van der Waals surface area contributed by atoms with Crippen molar-refractivity contribution in [2.45, 2.75) is 6.92 Å². The number of pyridine rings is 1. The van der Waals surface area contributed by atoms with Gasteiger partial charge in [0.2, 0.25) is 0 Å². The maximum Gasteiger partial charge on any atom is 0.152 e. The molecule has 13 heavy (non-hydrogen) atoms.